The SMILES string of the molecule is CCN(C1CCCCC1)S(=O)(=O)c1n[nH]c(C)c1C(=O)O. The lowest BCUT2D eigenvalue weighted by Crippen LogP contribution is -2.41. The highest BCUT2D eigenvalue weighted by molar-refractivity contribution is 7.89. The summed E-state index contributed by atoms with van der Waals surface area (Å²) >= 11 is 0. The summed E-state index contributed by atoms with van der Waals surface area (Å²) in [7, 11) is -3.90. The molecule has 1 heterocycles. The van der Waals surface area contributed by atoms with Crippen LogP contribution in [0.2, 0.25) is 0 Å². The molecule has 1 fully saturated rings. The van der Waals surface area contributed by atoms with Crippen molar-refractivity contribution in [3.63, 3.8) is 0 Å². The zero-order valence-electron chi connectivity index (χ0n) is 12.3. The fourth-order valence-corrected chi connectivity index (χ4v) is 4.77. The van der Waals surface area contributed by atoms with E-state index in [1.807, 2.05) is 0 Å². The smallest absolute Gasteiger partial charge is 0.340 e. The third kappa shape index (κ3) is 2.96. The number of H-pyrrole nitrogens is 1. The first-order valence-corrected chi connectivity index (χ1v) is 8.63. The molecule has 0 aliphatic heterocycles. The number of aryl methyl sites for hydroxylation is 1. The number of hydrogen-bond donors (Lipinski definition) is 2. The number of nitrogens with zero attached hydrogens (tertiary/aromatic N) is 2. The number of carboxylic acids is 1. The summed E-state index contributed by atoms with van der Waals surface area (Å²) in [4.78, 5) is 11.3. The van der Waals surface area contributed by atoms with Gasteiger partial charge in [0, 0.05) is 18.3 Å². The van der Waals surface area contributed by atoms with Crippen molar-refractivity contribution >= 4 is 16.0 Å². The van der Waals surface area contributed by atoms with Crippen LogP contribution in [-0.2, 0) is 10.0 Å². The van der Waals surface area contributed by atoms with E-state index in [4.69, 9.17) is 0 Å². The van der Waals surface area contributed by atoms with Gasteiger partial charge in [0.25, 0.3) is 10.0 Å². The van der Waals surface area contributed by atoms with E-state index >= 15 is 0 Å². The average Bonchev–Trinajstić information content (AvgIpc) is 2.83. The summed E-state index contributed by atoms with van der Waals surface area (Å²) in [5.41, 5.74) is -0.00923. The van der Waals surface area contributed by atoms with Gasteiger partial charge in [0.05, 0.1) is 0 Å². The summed E-state index contributed by atoms with van der Waals surface area (Å²) < 4.78 is 27.0. The van der Waals surface area contributed by atoms with E-state index in [0.29, 0.717) is 6.54 Å². The second kappa shape index (κ2) is 6.15. The molecule has 0 aromatic carbocycles. The molecule has 0 bridgehead atoms. The van der Waals surface area contributed by atoms with Gasteiger partial charge >= 0.3 is 5.97 Å². The van der Waals surface area contributed by atoms with Crippen LogP contribution in [0.5, 0.6) is 0 Å². The molecule has 0 saturated heterocycles. The van der Waals surface area contributed by atoms with E-state index in [-0.39, 0.29) is 22.3 Å². The van der Waals surface area contributed by atoms with Crippen molar-refractivity contribution in [1.29, 1.82) is 0 Å². The van der Waals surface area contributed by atoms with Crippen LogP contribution in [0.1, 0.15) is 55.1 Å². The standard InChI is InChI=1S/C13H21N3O4S/c1-3-16(10-7-5-4-6-8-10)21(19,20)12-11(13(17)18)9(2)14-15-12/h10H,3-8H2,1-2H3,(H,14,15)(H,17,18). The molecule has 0 spiro atoms. The zero-order valence-corrected chi connectivity index (χ0v) is 13.1. The second-order valence-electron chi connectivity index (χ2n) is 5.33. The van der Waals surface area contributed by atoms with E-state index < -0.39 is 16.0 Å². The maximum absolute atomic E-state index is 12.8. The number of aromatic carboxylic acids is 1. The van der Waals surface area contributed by atoms with Crippen molar-refractivity contribution in [2.24, 2.45) is 0 Å². The van der Waals surface area contributed by atoms with Gasteiger partial charge in [-0.2, -0.15) is 9.40 Å². The lowest BCUT2D eigenvalue weighted by Gasteiger charge is -2.32. The molecular weight excluding hydrogens is 294 g/mol. The number of aromatic nitrogens is 2. The van der Waals surface area contributed by atoms with E-state index in [0.717, 1.165) is 32.1 Å². The van der Waals surface area contributed by atoms with Crippen LogP contribution in [0.25, 0.3) is 0 Å². The Morgan fingerprint density at radius 1 is 1.38 bits per heavy atom. The molecule has 1 aliphatic carbocycles. The highest BCUT2D eigenvalue weighted by atomic mass is 32.2. The molecule has 0 amide bonds. The van der Waals surface area contributed by atoms with Crippen LogP contribution < -0.4 is 0 Å². The fourth-order valence-electron chi connectivity index (χ4n) is 2.95. The number of sulfonamides is 1. The van der Waals surface area contributed by atoms with E-state index in [9.17, 15) is 18.3 Å². The molecular formula is C13H21N3O4S. The Bertz CT molecular complexity index is 617. The van der Waals surface area contributed by atoms with E-state index in [2.05, 4.69) is 10.2 Å². The van der Waals surface area contributed by atoms with Gasteiger partial charge in [-0.25, -0.2) is 13.2 Å². The predicted molar refractivity (Wildman–Crippen MR) is 76.7 cm³/mol. The summed E-state index contributed by atoms with van der Waals surface area (Å²) in [5.74, 6) is -1.28. The molecule has 1 saturated carbocycles. The molecule has 2 N–H and O–H groups in total. The molecule has 21 heavy (non-hydrogen) atoms. The molecule has 8 heteroatoms. The highest BCUT2D eigenvalue weighted by Crippen LogP contribution is 2.28. The molecule has 0 unspecified atom stereocenters. The van der Waals surface area contributed by atoms with Crippen LogP contribution in [-0.4, -0.2) is 46.6 Å². The predicted octanol–water partition coefficient (Wildman–Crippen LogP) is 1.76. The number of hydrogen-bond acceptors (Lipinski definition) is 4. The fraction of sp³-hybridized carbons (Fsp3) is 0.692. The molecule has 7 nitrogen and oxygen atoms in total. The lowest BCUT2D eigenvalue weighted by atomic mass is 9.95. The summed E-state index contributed by atoms with van der Waals surface area (Å²) in [5, 5.41) is 15.1. The third-order valence-corrected chi connectivity index (χ3v) is 5.93. The van der Waals surface area contributed by atoms with Gasteiger partial charge < -0.3 is 5.11 Å². The van der Waals surface area contributed by atoms with Gasteiger partial charge in [-0.15, -0.1) is 0 Å². The minimum Gasteiger partial charge on any atom is -0.478 e. The lowest BCUT2D eigenvalue weighted by molar-refractivity contribution is 0.0691. The molecule has 1 aromatic heterocycles. The van der Waals surface area contributed by atoms with Crippen LogP contribution >= 0.6 is 0 Å². The molecule has 1 aliphatic rings. The third-order valence-electron chi connectivity index (χ3n) is 3.97. The van der Waals surface area contributed by atoms with Gasteiger partial charge in [-0.1, -0.05) is 26.2 Å². The maximum atomic E-state index is 12.8. The Balaban J connectivity index is 2.42. The minimum atomic E-state index is -3.90. The van der Waals surface area contributed by atoms with Gasteiger partial charge in [-0.3, -0.25) is 5.10 Å². The number of carbonyl (C=O) groups is 1. The number of carboxylic acid groups (broad SMARTS) is 1. The first-order chi connectivity index (χ1) is 9.89. The van der Waals surface area contributed by atoms with Gasteiger partial charge in [0.15, 0.2) is 0 Å². The molecule has 0 atom stereocenters. The van der Waals surface area contributed by atoms with Crippen LogP contribution in [0.4, 0.5) is 0 Å². The summed E-state index contributed by atoms with van der Waals surface area (Å²) in [6.07, 6.45) is 4.76. The zero-order chi connectivity index (χ0) is 15.6. The first kappa shape index (κ1) is 16.0. The Morgan fingerprint density at radius 3 is 2.52 bits per heavy atom. The minimum absolute atomic E-state index is 0.0626. The number of aromatic amines is 1. The van der Waals surface area contributed by atoms with E-state index in [1.54, 1.807) is 6.92 Å². The maximum Gasteiger partial charge on any atom is 0.340 e. The molecule has 2 rings (SSSR count). The van der Waals surface area contributed by atoms with Gasteiger partial charge in [0.2, 0.25) is 5.03 Å². The van der Waals surface area contributed by atoms with Crippen molar-refractivity contribution in [3.05, 3.63) is 11.3 Å². The van der Waals surface area contributed by atoms with Crippen LogP contribution in [0.3, 0.4) is 0 Å². The van der Waals surface area contributed by atoms with Crippen LogP contribution in [0.15, 0.2) is 5.03 Å². The first-order valence-electron chi connectivity index (χ1n) is 7.19. The normalized spacial score (nSPS) is 17.3. The number of nitrogens with one attached hydrogen (secondary N) is 1. The van der Waals surface area contributed by atoms with Crippen molar-refractivity contribution in [2.75, 3.05) is 6.54 Å². The molecule has 0 radical (unpaired) electrons. The second-order valence-corrected chi connectivity index (χ2v) is 7.14. The Kier molecular flexibility index (Phi) is 4.67. The van der Waals surface area contributed by atoms with Crippen molar-refractivity contribution in [3.8, 4) is 0 Å². The monoisotopic (exact) mass is 315 g/mol. The molecule has 1 aromatic rings. The van der Waals surface area contributed by atoms with Gasteiger partial charge in [-0.05, 0) is 19.8 Å². The average molecular weight is 315 g/mol. The summed E-state index contributed by atoms with van der Waals surface area (Å²) in [6, 6.07) is -0.0626. The summed E-state index contributed by atoms with van der Waals surface area (Å²) in [6.45, 7) is 3.59. The largest absolute Gasteiger partial charge is 0.478 e. The van der Waals surface area contributed by atoms with Gasteiger partial charge in [0.1, 0.15) is 5.56 Å². The quantitative estimate of drug-likeness (QED) is 0.861. The number of rotatable bonds is 5. The molecule has 118 valence electrons. The Hall–Kier alpha value is -1.41. The van der Waals surface area contributed by atoms with Crippen molar-refractivity contribution in [1.82, 2.24) is 14.5 Å². The highest BCUT2D eigenvalue weighted by Gasteiger charge is 2.36. The Morgan fingerprint density at radius 2 is 2.00 bits per heavy atom. The Labute approximate surface area is 124 Å². The van der Waals surface area contributed by atoms with Crippen molar-refractivity contribution in [2.45, 2.75) is 57.0 Å². The topological polar surface area (TPSA) is 103 Å². The van der Waals surface area contributed by atoms with Crippen LogP contribution in [0, 0.1) is 6.92 Å². The van der Waals surface area contributed by atoms with Crippen molar-refractivity contribution < 1.29 is 18.3 Å². The van der Waals surface area contributed by atoms with E-state index in [1.165, 1.54) is 11.2 Å².